The Morgan fingerprint density at radius 1 is 0.733 bits per heavy atom. The van der Waals surface area contributed by atoms with Crippen LogP contribution in [0.3, 0.4) is 0 Å². The SMILES string of the molecule is COC(=O)CC(=O)OC(=O)CC(=O)OC. The van der Waals surface area contributed by atoms with Crippen molar-refractivity contribution in [1.82, 2.24) is 0 Å². The zero-order valence-electron chi connectivity index (χ0n) is 8.27. The minimum absolute atomic E-state index is 0.677. The van der Waals surface area contributed by atoms with Crippen LogP contribution in [0.5, 0.6) is 0 Å². The smallest absolute Gasteiger partial charge is 0.324 e. The first-order valence-electron chi connectivity index (χ1n) is 3.86. The van der Waals surface area contributed by atoms with Gasteiger partial charge in [-0.05, 0) is 0 Å². The van der Waals surface area contributed by atoms with Crippen LogP contribution in [0.2, 0.25) is 0 Å². The topological polar surface area (TPSA) is 96.0 Å². The van der Waals surface area contributed by atoms with Gasteiger partial charge in [0.05, 0.1) is 14.2 Å². The highest BCUT2D eigenvalue weighted by atomic mass is 16.6. The number of hydrogen-bond donors (Lipinski definition) is 0. The fraction of sp³-hybridized carbons (Fsp3) is 0.500. The van der Waals surface area contributed by atoms with Crippen LogP contribution in [0.25, 0.3) is 0 Å². The number of rotatable bonds is 4. The summed E-state index contributed by atoms with van der Waals surface area (Å²) in [5.41, 5.74) is 0. The summed E-state index contributed by atoms with van der Waals surface area (Å²) < 4.78 is 12.4. The average molecular weight is 218 g/mol. The number of ether oxygens (including phenoxy) is 3. The summed E-state index contributed by atoms with van der Waals surface area (Å²) in [6.07, 6.45) is -1.35. The molecule has 0 bridgehead atoms. The van der Waals surface area contributed by atoms with Crippen LogP contribution in [0.4, 0.5) is 0 Å². The van der Waals surface area contributed by atoms with E-state index in [1.807, 2.05) is 0 Å². The molecule has 0 aliphatic rings. The van der Waals surface area contributed by atoms with Crippen LogP contribution in [-0.4, -0.2) is 38.1 Å². The average Bonchev–Trinajstić information content (AvgIpc) is 2.16. The number of hydrogen-bond acceptors (Lipinski definition) is 7. The molecule has 0 spiro atoms. The van der Waals surface area contributed by atoms with Crippen molar-refractivity contribution in [3.63, 3.8) is 0 Å². The van der Waals surface area contributed by atoms with Gasteiger partial charge in [-0.25, -0.2) is 0 Å². The third-order valence-corrected chi connectivity index (χ3v) is 1.26. The van der Waals surface area contributed by atoms with Crippen molar-refractivity contribution in [3.05, 3.63) is 0 Å². The van der Waals surface area contributed by atoms with Gasteiger partial charge in [-0.1, -0.05) is 0 Å². The number of esters is 4. The van der Waals surface area contributed by atoms with E-state index in [4.69, 9.17) is 0 Å². The Kier molecular flexibility index (Phi) is 5.69. The Morgan fingerprint density at radius 2 is 1.07 bits per heavy atom. The molecule has 84 valence electrons. The van der Waals surface area contributed by atoms with E-state index in [0.29, 0.717) is 0 Å². The van der Waals surface area contributed by atoms with Gasteiger partial charge < -0.3 is 14.2 Å². The molecule has 0 radical (unpaired) electrons. The first-order valence-corrected chi connectivity index (χ1v) is 3.86. The van der Waals surface area contributed by atoms with Gasteiger partial charge in [0.2, 0.25) is 0 Å². The van der Waals surface area contributed by atoms with Crippen molar-refractivity contribution in [2.75, 3.05) is 14.2 Å². The zero-order chi connectivity index (χ0) is 11.8. The number of methoxy groups -OCH3 is 2. The van der Waals surface area contributed by atoms with E-state index in [-0.39, 0.29) is 0 Å². The molecular formula is C8H10O7. The lowest BCUT2D eigenvalue weighted by Crippen LogP contribution is -2.19. The Morgan fingerprint density at radius 3 is 1.33 bits per heavy atom. The summed E-state index contributed by atoms with van der Waals surface area (Å²) in [4.78, 5) is 42.7. The van der Waals surface area contributed by atoms with Gasteiger partial charge in [0.1, 0.15) is 12.8 Å². The Balaban J connectivity index is 3.92. The molecule has 0 N–H and O–H groups in total. The maximum Gasteiger partial charge on any atom is 0.324 e. The largest absolute Gasteiger partial charge is 0.469 e. The maximum atomic E-state index is 10.8. The van der Waals surface area contributed by atoms with Crippen LogP contribution in [0.15, 0.2) is 0 Å². The van der Waals surface area contributed by atoms with Crippen LogP contribution in [-0.2, 0) is 33.4 Å². The van der Waals surface area contributed by atoms with Gasteiger partial charge >= 0.3 is 23.9 Å². The fourth-order valence-corrected chi connectivity index (χ4v) is 0.579. The van der Waals surface area contributed by atoms with Gasteiger partial charge in [0, 0.05) is 0 Å². The summed E-state index contributed by atoms with van der Waals surface area (Å²) in [5, 5.41) is 0. The van der Waals surface area contributed by atoms with E-state index in [2.05, 4.69) is 14.2 Å². The third kappa shape index (κ3) is 6.19. The molecule has 0 aliphatic heterocycles. The second kappa shape index (κ2) is 6.52. The van der Waals surface area contributed by atoms with Crippen LogP contribution < -0.4 is 0 Å². The van der Waals surface area contributed by atoms with Crippen LogP contribution in [0.1, 0.15) is 12.8 Å². The predicted molar refractivity (Wildman–Crippen MR) is 44.4 cm³/mol. The maximum absolute atomic E-state index is 10.8. The molecule has 0 aromatic heterocycles. The van der Waals surface area contributed by atoms with Gasteiger partial charge in [0.15, 0.2) is 0 Å². The number of carbonyl (C=O) groups is 4. The second-order valence-corrected chi connectivity index (χ2v) is 2.35. The van der Waals surface area contributed by atoms with Crippen LogP contribution >= 0.6 is 0 Å². The minimum atomic E-state index is -1.07. The lowest BCUT2D eigenvalue weighted by molar-refractivity contribution is -0.164. The molecule has 0 unspecified atom stereocenters. The summed E-state index contributed by atoms with van der Waals surface area (Å²) >= 11 is 0. The molecule has 15 heavy (non-hydrogen) atoms. The predicted octanol–water partition coefficient (Wildman–Crippen LogP) is -0.818. The molecule has 0 rings (SSSR count). The minimum Gasteiger partial charge on any atom is -0.469 e. The van der Waals surface area contributed by atoms with E-state index in [0.717, 1.165) is 14.2 Å². The molecule has 0 saturated heterocycles. The summed E-state index contributed by atoms with van der Waals surface area (Å²) in [5.74, 6) is -3.80. The van der Waals surface area contributed by atoms with E-state index in [1.54, 1.807) is 0 Å². The van der Waals surface area contributed by atoms with Gasteiger partial charge in [-0.2, -0.15) is 0 Å². The second-order valence-electron chi connectivity index (χ2n) is 2.35. The highest BCUT2D eigenvalue weighted by Crippen LogP contribution is 1.94. The molecule has 0 aromatic carbocycles. The molecule has 7 nitrogen and oxygen atoms in total. The molecule has 0 atom stereocenters. The zero-order valence-corrected chi connectivity index (χ0v) is 8.27. The van der Waals surface area contributed by atoms with Gasteiger partial charge in [-0.3, -0.25) is 19.2 Å². The van der Waals surface area contributed by atoms with E-state index < -0.39 is 36.7 Å². The van der Waals surface area contributed by atoms with E-state index in [1.165, 1.54) is 0 Å². The van der Waals surface area contributed by atoms with Crippen molar-refractivity contribution in [2.45, 2.75) is 12.8 Å². The van der Waals surface area contributed by atoms with Crippen molar-refractivity contribution in [1.29, 1.82) is 0 Å². The lowest BCUT2D eigenvalue weighted by atomic mass is 10.4. The van der Waals surface area contributed by atoms with Crippen molar-refractivity contribution in [2.24, 2.45) is 0 Å². The Labute approximate surface area is 85.3 Å². The Bertz CT molecular complexity index is 253. The first kappa shape index (κ1) is 13.1. The molecule has 0 aromatic rings. The quantitative estimate of drug-likeness (QED) is 0.345. The lowest BCUT2D eigenvalue weighted by Gasteiger charge is -2.01. The van der Waals surface area contributed by atoms with Crippen LogP contribution in [0, 0.1) is 0 Å². The summed E-state index contributed by atoms with van der Waals surface area (Å²) in [7, 11) is 2.18. The van der Waals surface area contributed by atoms with Crippen molar-refractivity contribution >= 4 is 23.9 Å². The molecule has 0 aliphatic carbocycles. The molecule has 0 saturated carbocycles. The Hall–Kier alpha value is -1.92. The fourth-order valence-electron chi connectivity index (χ4n) is 0.579. The molecule has 0 heterocycles. The van der Waals surface area contributed by atoms with E-state index in [9.17, 15) is 19.2 Å². The molecular weight excluding hydrogens is 208 g/mol. The molecule has 7 heteroatoms. The summed E-state index contributed by atoms with van der Waals surface area (Å²) in [6.45, 7) is 0. The van der Waals surface area contributed by atoms with Crippen molar-refractivity contribution in [3.8, 4) is 0 Å². The highest BCUT2D eigenvalue weighted by Gasteiger charge is 2.17. The van der Waals surface area contributed by atoms with Gasteiger partial charge in [-0.15, -0.1) is 0 Å². The normalized spacial score (nSPS) is 8.93. The molecule has 0 amide bonds. The number of carbonyl (C=O) groups excluding carboxylic acids is 4. The van der Waals surface area contributed by atoms with E-state index >= 15 is 0 Å². The van der Waals surface area contributed by atoms with Gasteiger partial charge in [0.25, 0.3) is 0 Å². The first-order chi connectivity index (χ1) is 6.99. The van der Waals surface area contributed by atoms with Crippen molar-refractivity contribution < 1.29 is 33.4 Å². The standard InChI is InChI=1S/C8H10O7/c1-13-5(9)3-7(11)15-8(12)4-6(10)14-2/h3-4H2,1-2H3. The third-order valence-electron chi connectivity index (χ3n) is 1.26. The molecule has 0 fully saturated rings. The highest BCUT2D eigenvalue weighted by molar-refractivity contribution is 6.00. The monoisotopic (exact) mass is 218 g/mol. The summed E-state index contributed by atoms with van der Waals surface area (Å²) in [6, 6.07) is 0.